The molecule has 1 amide bonds. The highest BCUT2D eigenvalue weighted by Gasteiger charge is 2.35. The van der Waals surface area contributed by atoms with Gasteiger partial charge in [-0.1, -0.05) is 6.42 Å². The Balaban J connectivity index is 1.55. The van der Waals surface area contributed by atoms with Crippen molar-refractivity contribution in [3.8, 4) is 0 Å². The molecule has 8 heteroatoms. The number of ether oxygens (including phenoxy) is 1. The molecule has 0 aliphatic carbocycles. The van der Waals surface area contributed by atoms with Crippen molar-refractivity contribution in [2.75, 3.05) is 25.0 Å². The molecule has 3 N–H and O–H groups in total. The van der Waals surface area contributed by atoms with Gasteiger partial charge in [0.2, 0.25) is 10.0 Å². The molecule has 1 aromatic carbocycles. The van der Waals surface area contributed by atoms with Gasteiger partial charge in [-0.15, -0.1) is 0 Å². The lowest BCUT2D eigenvalue weighted by molar-refractivity contribution is -0.649. The van der Waals surface area contributed by atoms with Crippen LogP contribution in [-0.4, -0.2) is 56.5 Å². The molecule has 3 atom stereocenters. The van der Waals surface area contributed by atoms with Crippen LogP contribution in [0.2, 0.25) is 0 Å². The molecule has 2 saturated heterocycles. The number of benzene rings is 1. The average Bonchev–Trinajstić information content (AvgIpc) is 3.15. The van der Waals surface area contributed by atoms with Gasteiger partial charge in [0.15, 0.2) is 6.54 Å². The molecule has 0 unspecified atom stereocenters. The maximum atomic E-state index is 13.0. The van der Waals surface area contributed by atoms with Crippen molar-refractivity contribution in [2.24, 2.45) is 0 Å². The molecule has 0 saturated carbocycles. The van der Waals surface area contributed by atoms with Crippen molar-refractivity contribution in [3.63, 3.8) is 0 Å². The van der Waals surface area contributed by atoms with Gasteiger partial charge in [-0.3, -0.25) is 4.79 Å². The normalized spacial score (nSPS) is 26.3. The van der Waals surface area contributed by atoms with Gasteiger partial charge in [0, 0.05) is 24.4 Å². The zero-order chi connectivity index (χ0) is 20.1. The summed E-state index contributed by atoms with van der Waals surface area (Å²) in [7, 11) is -3.53. The number of nitrogens with one attached hydrogen (secondary N) is 1. The monoisotopic (exact) mass is 410 g/mol. The predicted octanol–water partition coefficient (Wildman–Crippen LogP) is 1.32. The SMILES string of the molecule is C[C@@H]1CCC[C@@H](C)N1S(=O)(=O)c1ccc(NC(=O)C[NH2+]C[C@@H]2CCCO2)cc1. The minimum absolute atomic E-state index is 0.00696. The first-order valence-electron chi connectivity index (χ1n) is 10.2. The molecular weight excluding hydrogens is 378 g/mol. The summed E-state index contributed by atoms with van der Waals surface area (Å²) >= 11 is 0. The lowest BCUT2D eigenvalue weighted by Gasteiger charge is -2.37. The zero-order valence-corrected chi connectivity index (χ0v) is 17.6. The first kappa shape index (κ1) is 21.2. The van der Waals surface area contributed by atoms with Gasteiger partial charge in [-0.05, 0) is 63.8 Å². The summed E-state index contributed by atoms with van der Waals surface area (Å²) in [5.41, 5.74) is 0.606. The van der Waals surface area contributed by atoms with Crippen molar-refractivity contribution in [2.45, 2.75) is 69.0 Å². The summed E-state index contributed by atoms with van der Waals surface area (Å²) < 4.78 is 33.2. The summed E-state index contributed by atoms with van der Waals surface area (Å²) in [5, 5.41) is 4.77. The van der Waals surface area contributed by atoms with Gasteiger partial charge in [0.05, 0.1) is 4.90 Å². The number of rotatable bonds is 7. The number of sulfonamides is 1. The van der Waals surface area contributed by atoms with E-state index < -0.39 is 10.0 Å². The minimum atomic E-state index is -3.53. The van der Waals surface area contributed by atoms with Crippen molar-refractivity contribution < 1.29 is 23.3 Å². The molecule has 0 aromatic heterocycles. The number of carbonyl (C=O) groups is 1. The van der Waals surface area contributed by atoms with E-state index >= 15 is 0 Å². The van der Waals surface area contributed by atoms with Gasteiger partial charge in [-0.25, -0.2) is 8.42 Å². The number of anilines is 1. The highest BCUT2D eigenvalue weighted by atomic mass is 32.2. The molecule has 2 fully saturated rings. The molecule has 156 valence electrons. The Morgan fingerprint density at radius 1 is 1.14 bits per heavy atom. The number of quaternary nitrogens is 1. The molecule has 0 radical (unpaired) electrons. The number of hydrogen-bond donors (Lipinski definition) is 2. The van der Waals surface area contributed by atoms with Crippen molar-refractivity contribution in [1.82, 2.24) is 4.31 Å². The van der Waals surface area contributed by atoms with E-state index in [1.165, 1.54) is 0 Å². The van der Waals surface area contributed by atoms with Crippen LogP contribution in [0.1, 0.15) is 46.0 Å². The van der Waals surface area contributed by atoms with Gasteiger partial charge in [-0.2, -0.15) is 4.31 Å². The summed E-state index contributed by atoms with van der Waals surface area (Å²) in [4.78, 5) is 12.4. The smallest absolute Gasteiger partial charge is 0.279 e. The standard InChI is InChI=1S/C20H31N3O4S/c1-15-5-3-6-16(2)23(15)28(25,26)19-10-8-17(9-11-19)22-20(24)14-21-13-18-7-4-12-27-18/h8-11,15-16,18,21H,3-7,12-14H2,1-2H3,(H,22,24)/p+1/t15-,16-,18+/m1/s1. The Morgan fingerprint density at radius 3 is 2.43 bits per heavy atom. The molecule has 7 nitrogen and oxygen atoms in total. The Hall–Kier alpha value is -1.48. The molecule has 0 spiro atoms. The van der Waals surface area contributed by atoms with E-state index in [-0.39, 0.29) is 29.0 Å². The van der Waals surface area contributed by atoms with Crippen molar-refractivity contribution in [3.05, 3.63) is 24.3 Å². The van der Waals surface area contributed by atoms with Crippen LogP contribution in [-0.2, 0) is 19.6 Å². The fraction of sp³-hybridized carbons (Fsp3) is 0.650. The second-order valence-corrected chi connectivity index (χ2v) is 9.74. The van der Waals surface area contributed by atoms with Crippen molar-refractivity contribution in [1.29, 1.82) is 0 Å². The predicted molar refractivity (Wildman–Crippen MR) is 108 cm³/mol. The van der Waals surface area contributed by atoms with E-state index in [4.69, 9.17) is 4.74 Å². The van der Waals surface area contributed by atoms with Crippen LogP contribution in [0.4, 0.5) is 5.69 Å². The Bertz CT molecular complexity index is 750. The summed E-state index contributed by atoms with van der Waals surface area (Å²) in [5.74, 6) is -0.105. The quantitative estimate of drug-likeness (QED) is 0.709. The Morgan fingerprint density at radius 2 is 1.82 bits per heavy atom. The number of hydrogen-bond acceptors (Lipinski definition) is 4. The largest absolute Gasteiger partial charge is 0.372 e. The van der Waals surface area contributed by atoms with Crippen LogP contribution < -0.4 is 10.6 Å². The number of piperidine rings is 1. The molecule has 3 rings (SSSR count). The van der Waals surface area contributed by atoms with E-state index in [1.54, 1.807) is 28.6 Å². The zero-order valence-electron chi connectivity index (χ0n) is 16.8. The van der Waals surface area contributed by atoms with Gasteiger partial charge >= 0.3 is 0 Å². The summed E-state index contributed by atoms with van der Waals surface area (Å²) in [6.45, 7) is 5.86. The molecular formula is C20H32N3O4S+. The van der Waals surface area contributed by atoms with Crippen LogP contribution in [0.5, 0.6) is 0 Å². The highest BCUT2D eigenvalue weighted by molar-refractivity contribution is 7.89. The summed E-state index contributed by atoms with van der Waals surface area (Å²) in [6, 6.07) is 6.48. The lowest BCUT2D eigenvalue weighted by Crippen LogP contribution is -2.88. The fourth-order valence-electron chi connectivity index (χ4n) is 4.15. The van der Waals surface area contributed by atoms with Crippen LogP contribution in [0, 0.1) is 0 Å². The second kappa shape index (κ2) is 9.35. The Labute approximate surface area is 167 Å². The maximum absolute atomic E-state index is 13.0. The molecule has 2 heterocycles. The highest BCUT2D eigenvalue weighted by Crippen LogP contribution is 2.29. The number of amides is 1. The van der Waals surface area contributed by atoms with Crippen LogP contribution in [0.15, 0.2) is 29.2 Å². The van der Waals surface area contributed by atoms with Crippen LogP contribution >= 0.6 is 0 Å². The number of nitrogens with zero attached hydrogens (tertiary/aromatic N) is 1. The van der Waals surface area contributed by atoms with E-state index in [0.717, 1.165) is 45.3 Å². The second-order valence-electron chi connectivity index (χ2n) is 7.90. The van der Waals surface area contributed by atoms with Gasteiger partial charge < -0.3 is 15.4 Å². The third-order valence-corrected chi connectivity index (χ3v) is 7.75. The van der Waals surface area contributed by atoms with Crippen molar-refractivity contribution >= 4 is 21.6 Å². The topological polar surface area (TPSA) is 92.3 Å². The number of nitrogens with two attached hydrogens (primary N) is 1. The van der Waals surface area contributed by atoms with Gasteiger partial charge in [0.1, 0.15) is 12.6 Å². The molecule has 2 aliphatic rings. The molecule has 2 aliphatic heterocycles. The lowest BCUT2D eigenvalue weighted by atomic mass is 10.0. The fourth-order valence-corrected chi connectivity index (χ4v) is 6.03. The van der Waals surface area contributed by atoms with E-state index in [2.05, 4.69) is 5.32 Å². The minimum Gasteiger partial charge on any atom is -0.372 e. The first-order valence-corrected chi connectivity index (χ1v) is 11.7. The Kier molecular flexibility index (Phi) is 7.09. The van der Waals surface area contributed by atoms with Crippen LogP contribution in [0.3, 0.4) is 0 Å². The molecule has 0 bridgehead atoms. The molecule has 1 aromatic rings. The summed E-state index contributed by atoms with van der Waals surface area (Å²) in [6.07, 6.45) is 5.23. The van der Waals surface area contributed by atoms with E-state index in [9.17, 15) is 13.2 Å². The first-order chi connectivity index (χ1) is 13.4. The van der Waals surface area contributed by atoms with E-state index in [1.807, 2.05) is 19.2 Å². The average molecular weight is 411 g/mol. The number of carbonyl (C=O) groups excluding carboxylic acids is 1. The van der Waals surface area contributed by atoms with E-state index in [0.29, 0.717) is 12.2 Å². The molecule has 28 heavy (non-hydrogen) atoms. The maximum Gasteiger partial charge on any atom is 0.279 e. The third kappa shape index (κ3) is 5.11. The van der Waals surface area contributed by atoms with Crippen LogP contribution in [0.25, 0.3) is 0 Å². The third-order valence-electron chi connectivity index (χ3n) is 5.61. The van der Waals surface area contributed by atoms with Gasteiger partial charge in [0.25, 0.3) is 5.91 Å².